The van der Waals surface area contributed by atoms with Crippen LogP contribution in [-0.4, -0.2) is 25.5 Å². The van der Waals surface area contributed by atoms with E-state index in [0.717, 1.165) is 23.5 Å². The molecule has 3 N–H and O–H groups in total. The predicted octanol–water partition coefficient (Wildman–Crippen LogP) is 3.02. The van der Waals surface area contributed by atoms with Crippen LogP contribution >= 0.6 is 0 Å². The van der Waals surface area contributed by atoms with Crippen LogP contribution < -0.4 is 20.6 Å². The third-order valence-corrected chi connectivity index (χ3v) is 3.41. The SMILES string of the molecule is CCc1cc(C)cc(OCCOc2ccc(C=NNC(N)=O)cc2)c1. The van der Waals surface area contributed by atoms with E-state index in [2.05, 4.69) is 36.5 Å². The van der Waals surface area contributed by atoms with E-state index in [9.17, 15) is 4.79 Å². The molecule has 0 aliphatic heterocycles. The highest BCUT2D eigenvalue weighted by Crippen LogP contribution is 2.17. The van der Waals surface area contributed by atoms with Gasteiger partial charge in [-0.25, -0.2) is 10.2 Å². The first-order valence-corrected chi connectivity index (χ1v) is 8.11. The summed E-state index contributed by atoms with van der Waals surface area (Å²) in [4.78, 5) is 10.5. The summed E-state index contributed by atoms with van der Waals surface area (Å²) >= 11 is 0. The van der Waals surface area contributed by atoms with E-state index in [-0.39, 0.29) is 0 Å². The number of primary amides is 1. The van der Waals surface area contributed by atoms with E-state index in [1.54, 1.807) is 0 Å². The second-order valence-corrected chi connectivity index (χ2v) is 5.51. The lowest BCUT2D eigenvalue weighted by Gasteiger charge is -2.10. The number of ether oxygens (including phenoxy) is 2. The van der Waals surface area contributed by atoms with Gasteiger partial charge in [0.2, 0.25) is 0 Å². The van der Waals surface area contributed by atoms with Gasteiger partial charge in [-0.3, -0.25) is 0 Å². The lowest BCUT2D eigenvalue weighted by atomic mass is 10.1. The highest BCUT2D eigenvalue weighted by Gasteiger charge is 2.00. The summed E-state index contributed by atoms with van der Waals surface area (Å²) in [5.74, 6) is 1.61. The number of nitrogens with one attached hydrogen (secondary N) is 1. The first-order valence-electron chi connectivity index (χ1n) is 8.11. The molecule has 0 unspecified atom stereocenters. The number of nitrogens with two attached hydrogens (primary N) is 1. The highest BCUT2D eigenvalue weighted by molar-refractivity contribution is 5.81. The van der Waals surface area contributed by atoms with Crippen LogP contribution in [0.15, 0.2) is 47.6 Å². The zero-order valence-corrected chi connectivity index (χ0v) is 14.5. The number of carbonyl (C=O) groups excluding carboxylic acids is 1. The van der Waals surface area contributed by atoms with E-state index in [0.29, 0.717) is 13.2 Å². The lowest BCUT2D eigenvalue weighted by molar-refractivity contribution is 0.217. The maximum absolute atomic E-state index is 10.5. The fourth-order valence-corrected chi connectivity index (χ4v) is 2.25. The average molecular weight is 341 g/mol. The Morgan fingerprint density at radius 2 is 1.80 bits per heavy atom. The highest BCUT2D eigenvalue weighted by atomic mass is 16.5. The minimum absolute atomic E-state index is 0.450. The molecule has 2 aromatic carbocycles. The van der Waals surface area contributed by atoms with E-state index >= 15 is 0 Å². The summed E-state index contributed by atoms with van der Waals surface area (Å²) in [7, 11) is 0. The summed E-state index contributed by atoms with van der Waals surface area (Å²) in [6.07, 6.45) is 2.49. The molecule has 0 saturated carbocycles. The third kappa shape index (κ3) is 6.55. The van der Waals surface area contributed by atoms with Gasteiger partial charge in [-0.1, -0.05) is 13.0 Å². The number of benzene rings is 2. The first-order chi connectivity index (χ1) is 12.1. The quantitative estimate of drug-likeness (QED) is 0.440. The topological polar surface area (TPSA) is 85.9 Å². The number of hydrogen-bond donors (Lipinski definition) is 2. The zero-order valence-electron chi connectivity index (χ0n) is 14.5. The molecule has 2 aromatic rings. The van der Waals surface area contributed by atoms with Gasteiger partial charge < -0.3 is 15.2 Å². The van der Waals surface area contributed by atoms with Crippen molar-refractivity contribution < 1.29 is 14.3 Å². The number of amides is 2. The molecule has 6 nitrogen and oxygen atoms in total. The molecule has 0 aliphatic carbocycles. The van der Waals surface area contributed by atoms with Gasteiger partial charge in [0.05, 0.1) is 6.21 Å². The van der Waals surface area contributed by atoms with Gasteiger partial charge in [0, 0.05) is 0 Å². The summed E-state index contributed by atoms with van der Waals surface area (Å²) < 4.78 is 11.4. The van der Waals surface area contributed by atoms with Crippen LogP contribution in [0.2, 0.25) is 0 Å². The summed E-state index contributed by atoms with van der Waals surface area (Å²) in [5.41, 5.74) is 10.3. The molecule has 0 spiro atoms. The van der Waals surface area contributed by atoms with Crippen molar-refractivity contribution in [1.29, 1.82) is 0 Å². The van der Waals surface area contributed by atoms with Gasteiger partial charge in [0.25, 0.3) is 0 Å². The Kier molecular flexibility index (Phi) is 6.83. The van der Waals surface area contributed by atoms with E-state index in [1.807, 2.05) is 30.3 Å². The molecule has 0 atom stereocenters. The molecule has 25 heavy (non-hydrogen) atoms. The van der Waals surface area contributed by atoms with E-state index in [1.165, 1.54) is 17.3 Å². The second kappa shape index (κ2) is 9.32. The standard InChI is InChI=1S/C19H23N3O3/c1-3-15-10-14(2)11-18(12-15)25-9-8-24-17-6-4-16(5-7-17)13-21-22-19(20)23/h4-7,10-13H,3,8-9H2,1-2H3,(H3,20,22,23). The minimum atomic E-state index is -0.698. The van der Waals surface area contributed by atoms with Crippen molar-refractivity contribution in [3.05, 3.63) is 59.2 Å². The maximum Gasteiger partial charge on any atom is 0.332 e. The zero-order chi connectivity index (χ0) is 18.1. The molecule has 2 amide bonds. The van der Waals surface area contributed by atoms with Gasteiger partial charge in [-0.05, 0) is 66.4 Å². The fourth-order valence-electron chi connectivity index (χ4n) is 2.25. The average Bonchev–Trinajstić information content (AvgIpc) is 2.59. The molecule has 0 aromatic heterocycles. The van der Waals surface area contributed by atoms with Crippen LogP contribution in [0.5, 0.6) is 11.5 Å². The summed E-state index contributed by atoms with van der Waals surface area (Å²) in [6, 6.07) is 12.9. The number of urea groups is 1. The first kappa shape index (κ1) is 18.3. The minimum Gasteiger partial charge on any atom is -0.490 e. The molecular formula is C19H23N3O3. The summed E-state index contributed by atoms with van der Waals surface area (Å²) in [6.45, 7) is 5.11. The molecule has 132 valence electrons. The normalized spacial score (nSPS) is 10.6. The number of hydrazone groups is 1. The largest absolute Gasteiger partial charge is 0.490 e. The molecule has 0 saturated heterocycles. The molecular weight excluding hydrogens is 318 g/mol. The van der Waals surface area contributed by atoms with Crippen molar-refractivity contribution in [2.45, 2.75) is 20.3 Å². The van der Waals surface area contributed by atoms with Crippen molar-refractivity contribution in [3.8, 4) is 11.5 Å². The van der Waals surface area contributed by atoms with Crippen molar-refractivity contribution in [3.63, 3.8) is 0 Å². The molecule has 0 heterocycles. The maximum atomic E-state index is 10.5. The van der Waals surface area contributed by atoms with Gasteiger partial charge in [-0.15, -0.1) is 0 Å². The van der Waals surface area contributed by atoms with Crippen LogP contribution in [-0.2, 0) is 6.42 Å². The Hall–Kier alpha value is -3.02. The Balaban J connectivity index is 1.77. The predicted molar refractivity (Wildman–Crippen MR) is 98.3 cm³/mol. The van der Waals surface area contributed by atoms with Gasteiger partial charge >= 0.3 is 6.03 Å². The van der Waals surface area contributed by atoms with Crippen LogP contribution in [0.3, 0.4) is 0 Å². The van der Waals surface area contributed by atoms with Crippen LogP contribution in [0.1, 0.15) is 23.6 Å². The Bertz CT molecular complexity index is 727. The number of rotatable bonds is 8. The molecule has 0 bridgehead atoms. The van der Waals surface area contributed by atoms with Gasteiger partial charge in [0.1, 0.15) is 24.7 Å². The molecule has 0 aliphatic rings. The number of carbonyl (C=O) groups is 1. The van der Waals surface area contributed by atoms with Crippen LogP contribution in [0.4, 0.5) is 4.79 Å². The van der Waals surface area contributed by atoms with Crippen molar-refractivity contribution >= 4 is 12.2 Å². The number of hydrogen-bond acceptors (Lipinski definition) is 4. The third-order valence-electron chi connectivity index (χ3n) is 3.41. The Morgan fingerprint density at radius 3 is 2.44 bits per heavy atom. The monoisotopic (exact) mass is 341 g/mol. The van der Waals surface area contributed by atoms with Gasteiger partial charge in [0.15, 0.2) is 0 Å². The fraction of sp³-hybridized carbons (Fsp3) is 0.263. The summed E-state index contributed by atoms with van der Waals surface area (Å²) in [5, 5.41) is 3.69. The smallest absolute Gasteiger partial charge is 0.332 e. The number of nitrogens with zero attached hydrogens (tertiary/aromatic N) is 1. The Labute approximate surface area is 147 Å². The van der Waals surface area contributed by atoms with Gasteiger partial charge in [-0.2, -0.15) is 5.10 Å². The lowest BCUT2D eigenvalue weighted by Crippen LogP contribution is -2.24. The van der Waals surface area contributed by atoms with E-state index < -0.39 is 6.03 Å². The molecule has 6 heteroatoms. The van der Waals surface area contributed by atoms with Crippen molar-refractivity contribution in [2.24, 2.45) is 10.8 Å². The van der Waals surface area contributed by atoms with E-state index in [4.69, 9.17) is 15.2 Å². The second-order valence-electron chi connectivity index (χ2n) is 5.51. The van der Waals surface area contributed by atoms with Crippen LogP contribution in [0.25, 0.3) is 0 Å². The molecule has 0 fully saturated rings. The van der Waals surface area contributed by atoms with Crippen molar-refractivity contribution in [1.82, 2.24) is 5.43 Å². The molecule has 2 rings (SSSR count). The number of aryl methyl sites for hydroxylation is 2. The van der Waals surface area contributed by atoms with Crippen LogP contribution in [0, 0.1) is 6.92 Å². The Morgan fingerprint density at radius 1 is 1.12 bits per heavy atom. The van der Waals surface area contributed by atoms with Crippen molar-refractivity contribution in [2.75, 3.05) is 13.2 Å². The molecule has 0 radical (unpaired) electrons.